The molecule has 0 bridgehead atoms. The fourth-order valence-corrected chi connectivity index (χ4v) is 3.68. The van der Waals surface area contributed by atoms with Crippen LogP contribution in [0.3, 0.4) is 0 Å². The van der Waals surface area contributed by atoms with E-state index in [1.165, 1.54) is 0 Å². The van der Waals surface area contributed by atoms with Crippen molar-refractivity contribution in [3.63, 3.8) is 0 Å². The minimum atomic E-state index is -0.365. The van der Waals surface area contributed by atoms with Crippen LogP contribution in [-0.4, -0.2) is 15.7 Å². The molecule has 32 heavy (non-hydrogen) atoms. The smallest absolute Gasteiger partial charge is 0.292 e. The number of halogens is 1. The van der Waals surface area contributed by atoms with E-state index in [1.807, 2.05) is 74.0 Å². The van der Waals surface area contributed by atoms with Crippen LogP contribution in [0, 0.1) is 20.8 Å². The maximum absolute atomic E-state index is 12.6. The Bertz CT molecular complexity index is 1240. The Hall–Kier alpha value is -3.51. The Balaban J connectivity index is 1.39. The van der Waals surface area contributed by atoms with Crippen molar-refractivity contribution in [2.75, 3.05) is 5.32 Å². The molecule has 2 aromatic heterocycles. The first-order valence-corrected chi connectivity index (χ1v) is 10.6. The van der Waals surface area contributed by atoms with Gasteiger partial charge in [0.15, 0.2) is 11.6 Å². The van der Waals surface area contributed by atoms with Gasteiger partial charge in [0.2, 0.25) is 0 Å². The number of aryl methyl sites for hydroxylation is 3. The lowest BCUT2D eigenvalue weighted by Crippen LogP contribution is -2.12. The number of hydrogen-bond acceptors (Lipinski definition) is 4. The van der Waals surface area contributed by atoms with E-state index >= 15 is 0 Å². The second-order valence-electron chi connectivity index (χ2n) is 7.69. The van der Waals surface area contributed by atoms with E-state index in [0.717, 1.165) is 28.1 Å². The number of aromatic nitrogens is 2. The first kappa shape index (κ1) is 21.7. The molecule has 0 spiro atoms. The standard InChI is InChI=1S/C25H24ClN3O3/c1-16-6-4-7-17(2)24(16)31-15-21-10-11-22(32-21)25(30)27-23-12-18(3)29(28-23)14-19-8-5-9-20(26)13-19/h4-13H,14-15H2,1-3H3,(H,27,28,30). The van der Waals surface area contributed by atoms with Crippen LogP contribution in [0.4, 0.5) is 5.82 Å². The maximum atomic E-state index is 12.6. The van der Waals surface area contributed by atoms with Crippen molar-refractivity contribution in [3.8, 4) is 5.75 Å². The van der Waals surface area contributed by atoms with Crippen molar-refractivity contribution in [1.29, 1.82) is 0 Å². The third-order valence-electron chi connectivity index (χ3n) is 5.10. The van der Waals surface area contributed by atoms with Gasteiger partial charge < -0.3 is 14.5 Å². The van der Waals surface area contributed by atoms with Crippen LogP contribution in [0.5, 0.6) is 5.75 Å². The number of anilines is 1. The molecule has 164 valence electrons. The zero-order valence-corrected chi connectivity index (χ0v) is 18.9. The average Bonchev–Trinajstić information content (AvgIpc) is 3.34. The number of benzene rings is 2. The Morgan fingerprint density at radius 3 is 2.56 bits per heavy atom. The van der Waals surface area contributed by atoms with E-state index in [-0.39, 0.29) is 18.3 Å². The van der Waals surface area contributed by atoms with E-state index in [4.69, 9.17) is 20.8 Å². The normalized spacial score (nSPS) is 10.9. The Labute approximate surface area is 191 Å². The van der Waals surface area contributed by atoms with Crippen LogP contribution in [0.15, 0.2) is 65.1 Å². The summed E-state index contributed by atoms with van der Waals surface area (Å²) >= 11 is 6.06. The van der Waals surface area contributed by atoms with E-state index in [0.29, 0.717) is 23.1 Å². The number of hydrogen-bond donors (Lipinski definition) is 1. The zero-order valence-electron chi connectivity index (χ0n) is 18.2. The van der Waals surface area contributed by atoms with Gasteiger partial charge in [0, 0.05) is 16.8 Å². The summed E-state index contributed by atoms with van der Waals surface area (Å²) in [4.78, 5) is 12.6. The van der Waals surface area contributed by atoms with Crippen LogP contribution in [0.25, 0.3) is 0 Å². The van der Waals surface area contributed by atoms with E-state index in [9.17, 15) is 4.79 Å². The second-order valence-corrected chi connectivity index (χ2v) is 8.12. The van der Waals surface area contributed by atoms with E-state index < -0.39 is 0 Å². The van der Waals surface area contributed by atoms with Crippen molar-refractivity contribution >= 4 is 23.3 Å². The molecule has 0 atom stereocenters. The third-order valence-corrected chi connectivity index (χ3v) is 5.33. The van der Waals surface area contributed by atoms with Crippen LogP contribution in [0.1, 0.15) is 38.7 Å². The van der Waals surface area contributed by atoms with Crippen molar-refractivity contribution in [2.24, 2.45) is 0 Å². The molecule has 4 aromatic rings. The highest BCUT2D eigenvalue weighted by Gasteiger charge is 2.15. The molecule has 2 heterocycles. The molecular formula is C25H24ClN3O3. The summed E-state index contributed by atoms with van der Waals surface area (Å²) in [5, 5.41) is 7.95. The number of carbonyl (C=O) groups is 1. The highest BCUT2D eigenvalue weighted by atomic mass is 35.5. The highest BCUT2D eigenvalue weighted by Crippen LogP contribution is 2.24. The fraction of sp³-hybridized carbons (Fsp3) is 0.200. The summed E-state index contributed by atoms with van der Waals surface area (Å²) in [5.74, 6) is 1.69. The SMILES string of the molecule is Cc1cccc(C)c1OCc1ccc(C(=O)Nc2cc(C)n(Cc3cccc(Cl)c3)n2)o1. The molecular weight excluding hydrogens is 426 g/mol. The van der Waals surface area contributed by atoms with Gasteiger partial charge in [0.25, 0.3) is 5.91 Å². The number of ether oxygens (including phenoxy) is 1. The lowest BCUT2D eigenvalue weighted by molar-refractivity contribution is 0.0992. The number of para-hydroxylation sites is 1. The fourth-order valence-electron chi connectivity index (χ4n) is 3.47. The summed E-state index contributed by atoms with van der Waals surface area (Å²) < 4.78 is 13.4. The van der Waals surface area contributed by atoms with Gasteiger partial charge in [-0.2, -0.15) is 5.10 Å². The quantitative estimate of drug-likeness (QED) is 0.379. The highest BCUT2D eigenvalue weighted by molar-refractivity contribution is 6.30. The summed E-state index contributed by atoms with van der Waals surface area (Å²) in [6.07, 6.45) is 0. The summed E-state index contributed by atoms with van der Waals surface area (Å²) in [5.41, 5.74) is 4.06. The lowest BCUT2D eigenvalue weighted by Gasteiger charge is -2.10. The van der Waals surface area contributed by atoms with E-state index in [2.05, 4.69) is 10.4 Å². The topological polar surface area (TPSA) is 69.3 Å². The van der Waals surface area contributed by atoms with Crippen molar-refractivity contribution < 1.29 is 13.9 Å². The number of amides is 1. The largest absolute Gasteiger partial charge is 0.485 e. The minimum Gasteiger partial charge on any atom is -0.485 e. The van der Waals surface area contributed by atoms with Crippen LogP contribution in [-0.2, 0) is 13.2 Å². The molecule has 0 radical (unpaired) electrons. The zero-order chi connectivity index (χ0) is 22.7. The van der Waals surface area contributed by atoms with Crippen LogP contribution in [0.2, 0.25) is 5.02 Å². The van der Waals surface area contributed by atoms with Crippen LogP contribution >= 0.6 is 11.6 Å². The van der Waals surface area contributed by atoms with Gasteiger partial charge in [-0.05, 0) is 61.7 Å². The number of carbonyl (C=O) groups excluding carboxylic acids is 1. The van der Waals surface area contributed by atoms with Crippen LogP contribution < -0.4 is 10.1 Å². The Morgan fingerprint density at radius 2 is 1.81 bits per heavy atom. The molecule has 1 N–H and O–H groups in total. The van der Waals surface area contributed by atoms with Gasteiger partial charge in [-0.1, -0.05) is 41.9 Å². The molecule has 0 aliphatic rings. The molecule has 2 aromatic carbocycles. The molecule has 0 saturated carbocycles. The summed E-state index contributed by atoms with van der Waals surface area (Å²) in [6.45, 7) is 6.73. The van der Waals surface area contributed by atoms with Gasteiger partial charge in [0.05, 0.1) is 6.54 Å². The Kier molecular flexibility index (Phi) is 6.32. The number of furan rings is 1. The molecule has 1 amide bonds. The van der Waals surface area contributed by atoms with E-state index in [1.54, 1.807) is 12.1 Å². The van der Waals surface area contributed by atoms with Gasteiger partial charge in [-0.3, -0.25) is 9.48 Å². The first-order valence-electron chi connectivity index (χ1n) is 10.3. The van der Waals surface area contributed by atoms with Gasteiger partial charge in [-0.25, -0.2) is 0 Å². The Morgan fingerprint density at radius 1 is 1.06 bits per heavy atom. The molecule has 6 nitrogen and oxygen atoms in total. The molecule has 0 saturated heterocycles. The van der Waals surface area contributed by atoms with Gasteiger partial charge in [0.1, 0.15) is 18.1 Å². The summed E-state index contributed by atoms with van der Waals surface area (Å²) in [6, 6.07) is 18.8. The van der Waals surface area contributed by atoms with Crippen molar-refractivity contribution in [2.45, 2.75) is 33.9 Å². The lowest BCUT2D eigenvalue weighted by atomic mass is 10.1. The average molecular weight is 450 g/mol. The molecule has 0 aliphatic carbocycles. The maximum Gasteiger partial charge on any atom is 0.292 e. The monoisotopic (exact) mass is 449 g/mol. The second kappa shape index (κ2) is 9.32. The third kappa shape index (κ3) is 5.03. The molecule has 0 unspecified atom stereocenters. The van der Waals surface area contributed by atoms with Crippen molar-refractivity contribution in [1.82, 2.24) is 9.78 Å². The predicted octanol–water partition coefficient (Wildman–Crippen LogP) is 5.93. The number of nitrogens with one attached hydrogen (secondary N) is 1. The van der Waals surface area contributed by atoms with Crippen molar-refractivity contribution in [3.05, 3.63) is 99.6 Å². The predicted molar refractivity (Wildman–Crippen MR) is 124 cm³/mol. The number of nitrogens with zero attached hydrogens (tertiary/aromatic N) is 2. The number of rotatable bonds is 7. The molecule has 4 rings (SSSR count). The van der Waals surface area contributed by atoms with Gasteiger partial charge in [-0.15, -0.1) is 0 Å². The minimum absolute atomic E-state index is 0.201. The summed E-state index contributed by atoms with van der Waals surface area (Å²) in [7, 11) is 0. The van der Waals surface area contributed by atoms with Gasteiger partial charge >= 0.3 is 0 Å². The first-order chi connectivity index (χ1) is 15.4. The molecule has 0 fully saturated rings. The molecule has 0 aliphatic heterocycles. The molecule has 7 heteroatoms.